The molecule has 27 heavy (non-hydrogen) atoms. The lowest BCUT2D eigenvalue weighted by atomic mass is 10.1. The van der Waals surface area contributed by atoms with Crippen molar-refractivity contribution in [3.63, 3.8) is 0 Å². The summed E-state index contributed by atoms with van der Waals surface area (Å²) in [4.78, 5) is 13.7. The van der Waals surface area contributed by atoms with Gasteiger partial charge in [0.2, 0.25) is 10.0 Å². The van der Waals surface area contributed by atoms with Crippen LogP contribution in [0.1, 0.15) is 10.4 Å². The Kier molecular flexibility index (Phi) is 5.71. The highest BCUT2D eigenvalue weighted by molar-refractivity contribution is 7.89. The first-order chi connectivity index (χ1) is 12.7. The number of piperazine rings is 1. The Balaban J connectivity index is 1.72. The molecule has 2 aromatic rings. The molecule has 0 N–H and O–H groups in total. The lowest BCUT2D eigenvalue weighted by molar-refractivity contribution is 0.0693. The van der Waals surface area contributed by atoms with Crippen molar-refractivity contribution in [2.75, 3.05) is 26.2 Å². The lowest BCUT2D eigenvalue weighted by Crippen LogP contribution is -2.50. The molecular formula is C17H14Cl2F2N2O3S. The van der Waals surface area contributed by atoms with Crippen LogP contribution in [-0.2, 0) is 10.0 Å². The molecule has 1 heterocycles. The number of nitrogens with zero attached hydrogens (tertiary/aromatic N) is 2. The standard InChI is InChI=1S/C17H14Cl2F2N2O3S/c18-11-1-3-13(16(21)9-11)17(24)22-5-7-23(8-6-22)27(25,26)12-2-4-15(20)14(19)10-12/h1-4,9-10H,5-8H2. The third-order valence-corrected chi connectivity index (χ3v) is 6.64. The lowest BCUT2D eigenvalue weighted by Gasteiger charge is -2.34. The fraction of sp³-hybridized carbons (Fsp3) is 0.235. The molecule has 0 unspecified atom stereocenters. The van der Waals surface area contributed by atoms with Crippen molar-refractivity contribution >= 4 is 39.1 Å². The van der Waals surface area contributed by atoms with E-state index >= 15 is 0 Å². The molecule has 1 aliphatic heterocycles. The molecule has 3 rings (SSSR count). The van der Waals surface area contributed by atoms with Gasteiger partial charge in [0.1, 0.15) is 11.6 Å². The molecule has 2 aromatic carbocycles. The van der Waals surface area contributed by atoms with Crippen LogP contribution in [-0.4, -0.2) is 49.7 Å². The number of hydrogen-bond acceptors (Lipinski definition) is 3. The van der Waals surface area contributed by atoms with Crippen molar-refractivity contribution in [2.24, 2.45) is 0 Å². The maximum atomic E-state index is 13.9. The van der Waals surface area contributed by atoms with E-state index in [1.54, 1.807) is 0 Å². The molecule has 1 saturated heterocycles. The van der Waals surface area contributed by atoms with E-state index in [1.807, 2.05) is 0 Å². The summed E-state index contributed by atoms with van der Waals surface area (Å²) in [7, 11) is -3.88. The minimum absolute atomic E-state index is 0.0261. The topological polar surface area (TPSA) is 57.7 Å². The van der Waals surface area contributed by atoms with Crippen molar-refractivity contribution in [2.45, 2.75) is 4.90 Å². The summed E-state index contributed by atoms with van der Waals surface area (Å²) in [5.41, 5.74) is -0.124. The van der Waals surface area contributed by atoms with E-state index in [-0.39, 0.29) is 46.7 Å². The smallest absolute Gasteiger partial charge is 0.256 e. The number of halogens is 4. The Morgan fingerprint density at radius 3 is 2.19 bits per heavy atom. The number of benzene rings is 2. The summed E-state index contributed by atoms with van der Waals surface area (Å²) < 4.78 is 53.7. The van der Waals surface area contributed by atoms with Gasteiger partial charge in [0.05, 0.1) is 15.5 Å². The second-order valence-electron chi connectivity index (χ2n) is 5.90. The summed E-state index contributed by atoms with van der Waals surface area (Å²) in [6.45, 7) is 0.237. The molecule has 0 spiro atoms. The van der Waals surface area contributed by atoms with Crippen LogP contribution in [0.4, 0.5) is 8.78 Å². The number of sulfonamides is 1. The Bertz CT molecular complexity index is 994. The summed E-state index contributed by atoms with van der Waals surface area (Å²) in [6.07, 6.45) is 0. The first-order valence-corrected chi connectivity index (χ1v) is 10.1. The van der Waals surface area contributed by atoms with Crippen LogP contribution in [0.2, 0.25) is 10.0 Å². The first kappa shape index (κ1) is 20.0. The van der Waals surface area contributed by atoms with Crippen LogP contribution in [0.3, 0.4) is 0 Å². The highest BCUT2D eigenvalue weighted by atomic mass is 35.5. The normalized spacial score (nSPS) is 15.8. The summed E-state index contributed by atoms with van der Waals surface area (Å²) in [5.74, 6) is -1.98. The Labute approximate surface area is 165 Å². The van der Waals surface area contributed by atoms with Gasteiger partial charge in [-0.05, 0) is 36.4 Å². The van der Waals surface area contributed by atoms with Gasteiger partial charge < -0.3 is 4.90 Å². The number of carbonyl (C=O) groups is 1. The van der Waals surface area contributed by atoms with Crippen molar-refractivity contribution in [3.05, 3.63) is 63.6 Å². The highest BCUT2D eigenvalue weighted by Crippen LogP contribution is 2.24. The molecule has 0 aromatic heterocycles. The monoisotopic (exact) mass is 434 g/mol. The molecule has 0 saturated carbocycles. The third kappa shape index (κ3) is 4.08. The van der Waals surface area contributed by atoms with E-state index in [1.165, 1.54) is 21.3 Å². The number of rotatable bonds is 3. The summed E-state index contributed by atoms with van der Waals surface area (Å²) in [6, 6.07) is 6.93. The van der Waals surface area contributed by atoms with E-state index in [9.17, 15) is 22.0 Å². The van der Waals surface area contributed by atoms with Crippen LogP contribution >= 0.6 is 23.2 Å². The van der Waals surface area contributed by atoms with Crippen molar-refractivity contribution < 1.29 is 22.0 Å². The van der Waals surface area contributed by atoms with Crippen molar-refractivity contribution in [3.8, 4) is 0 Å². The molecule has 0 aliphatic carbocycles. The van der Waals surface area contributed by atoms with Gasteiger partial charge in [0.25, 0.3) is 5.91 Å². The van der Waals surface area contributed by atoms with Crippen LogP contribution < -0.4 is 0 Å². The van der Waals surface area contributed by atoms with E-state index in [0.29, 0.717) is 0 Å². The SMILES string of the molecule is O=C(c1ccc(Cl)cc1F)N1CCN(S(=O)(=O)c2ccc(F)c(Cl)c2)CC1. The number of carbonyl (C=O) groups excluding carboxylic acids is 1. The second-order valence-corrected chi connectivity index (χ2v) is 8.68. The summed E-state index contributed by atoms with van der Waals surface area (Å²) >= 11 is 11.3. The minimum Gasteiger partial charge on any atom is -0.336 e. The average molecular weight is 435 g/mol. The molecule has 0 bridgehead atoms. The van der Waals surface area contributed by atoms with Gasteiger partial charge in [-0.15, -0.1) is 0 Å². The highest BCUT2D eigenvalue weighted by Gasteiger charge is 2.31. The maximum absolute atomic E-state index is 13.9. The van der Waals surface area contributed by atoms with Crippen LogP contribution in [0.5, 0.6) is 0 Å². The Morgan fingerprint density at radius 1 is 0.926 bits per heavy atom. The zero-order chi connectivity index (χ0) is 19.8. The zero-order valence-corrected chi connectivity index (χ0v) is 16.2. The largest absolute Gasteiger partial charge is 0.336 e. The fourth-order valence-electron chi connectivity index (χ4n) is 2.75. The van der Waals surface area contributed by atoms with Crippen molar-refractivity contribution in [1.29, 1.82) is 0 Å². The molecule has 1 amide bonds. The van der Waals surface area contributed by atoms with Crippen LogP contribution in [0, 0.1) is 11.6 Å². The molecule has 0 atom stereocenters. The number of hydrogen-bond donors (Lipinski definition) is 0. The molecular weight excluding hydrogens is 421 g/mol. The predicted octanol–water partition coefficient (Wildman–Crippen LogP) is 3.42. The average Bonchev–Trinajstić information content (AvgIpc) is 2.63. The quantitative estimate of drug-likeness (QED) is 0.743. The predicted molar refractivity (Wildman–Crippen MR) is 97.5 cm³/mol. The first-order valence-electron chi connectivity index (χ1n) is 7.89. The van der Waals surface area contributed by atoms with Crippen LogP contribution in [0.25, 0.3) is 0 Å². The van der Waals surface area contributed by atoms with Gasteiger partial charge >= 0.3 is 0 Å². The number of amides is 1. The molecule has 1 fully saturated rings. The second kappa shape index (κ2) is 7.71. The Morgan fingerprint density at radius 2 is 1.59 bits per heavy atom. The Hall–Kier alpha value is -1.74. The molecule has 5 nitrogen and oxygen atoms in total. The van der Waals surface area contributed by atoms with Crippen molar-refractivity contribution in [1.82, 2.24) is 9.21 Å². The van der Waals surface area contributed by atoms with E-state index in [4.69, 9.17) is 23.2 Å². The minimum atomic E-state index is -3.88. The zero-order valence-electron chi connectivity index (χ0n) is 13.8. The van der Waals surface area contributed by atoms with Gasteiger partial charge in [0.15, 0.2) is 0 Å². The van der Waals surface area contributed by atoms with E-state index < -0.39 is 27.6 Å². The fourth-order valence-corrected chi connectivity index (χ4v) is 4.60. The maximum Gasteiger partial charge on any atom is 0.256 e. The van der Waals surface area contributed by atoms with E-state index in [2.05, 4.69) is 0 Å². The molecule has 1 aliphatic rings. The molecule has 0 radical (unpaired) electrons. The van der Waals surface area contributed by atoms with Gasteiger partial charge in [-0.2, -0.15) is 4.31 Å². The van der Waals surface area contributed by atoms with Gasteiger partial charge in [0, 0.05) is 31.2 Å². The van der Waals surface area contributed by atoms with Gasteiger partial charge in [-0.1, -0.05) is 23.2 Å². The summed E-state index contributed by atoms with van der Waals surface area (Å²) in [5, 5.41) is -0.110. The van der Waals surface area contributed by atoms with Crippen LogP contribution in [0.15, 0.2) is 41.3 Å². The third-order valence-electron chi connectivity index (χ3n) is 4.22. The molecule has 10 heteroatoms. The molecule has 144 valence electrons. The van der Waals surface area contributed by atoms with Gasteiger partial charge in [-0.3, -0.25) is 4.79 Å². The van der Waals surface area contributed by atoms with E-state index in [0.717, 1.165) is 24.3 Å². The van der Waals surface area contributed by atoms with Gasteiger partial charge in [-0.25, -0.2) is 17.2 Å².